The van der Waals surface area contributed by atoms with Crippen molar-refractivity contribution < 1.29 is 9.13 Å². The first-order valence-electron chi connectivity index (χ1n) is 7.76. The van der Waals surface area contributed by atoms with E-state index in [4.69, 9.17) is 4.74 Å². The standard InChI is InChI=1S/C19H17FN2O/c20-17-6-7-18-15(11-17)10-16-13-22(8-9-23-19(16)21-18)12-14-4-2-1-3-5-14/h1-7,10-11H,8-9,12-13H2. The van der Waals surface area contributed by atoms with E-state index in [0.717, 1.165) is 36.1 Å². The van der Waals surface area contributed by atoms with E-state index in [-0.39, 0.29) is 5.82 Å². The minimum Gasteiger partial charge on any atom is -0.476 e. The molecule has 0 amide bonds. The van der Waals surface area contributed by atoms with Crippen molar-refractivity contribution in [1.29, 1.82) is 0 Å². The third-order valence-corrected chi connectivity index (χ3v) is 4.11. The molecule has 0 fully saturated rings. The number of aromatic nitrogens is 1. The number of hydrogen-bond donors (Lipinski definition) is 0. The van der Waals surface area contributed by atoms with Gasteiger partial charge in [-0.05, 0) is 29.8 Å². The van der Waals surface area contributed by atoms with Crippen molar-refractivity contribution in [3.05, 3.63) is 71.5 Å². The van der Waals surface area contributed by atoms with Crippen LogP contribution in [-0.4, -0.2) is 23.0 Å². The molecule has 0 radical (unpaired) electrons. The van der Waals surface area contributed by atoms with E-state index in [1.54, 1.807) is 6.07 Å². The summed E-state index contributed by atoms with van der Waals surface area (Å²) in [7, 11) is 0. The second kappa shape index (κ2) is 5.97. The highest BCUT2D eigenvalue weighted by Gasteiger charge is 2.17. The molecule has 0 aliphatic carbocycles. The van der Waals surface area contributed by atoms with E-state index in [0.29, 0.717) is 12.5 Å². The van der Waals surface area contributed by atoms with E-state index in [9.17, 15) is 4.39 Å². The molecule has 0 saturated carbocycles. The molecule has 2 heterocycles. The van der Waals surface area contributed by atoms with Gasteiger partial charge in [-0.15, -0.1) is 0 Å². The average molecular weight is 308 g/mol. The smallest absolute Gasteiger partial charge is 0.218 e. The van der Waals surface area contributed by atoms with Crippen LogP contribution in [0.4, 0.5) is 4.39 Å². The molecule has 23 heavy (non-hydrogen) atoms. The molecular weight excluding hydrogens is 291 g/mol. The lowest BCUT2D eigenvalue weighted by Gasteiger charge is -2.19. The highest BCUT2D eigenvalue weighted by atomic mass is 19.1. The topological polar surface area (TPSA) is 25.4 Å². The maximum atomic E-state index is 13.4. The number of fused-ring (bicyclic) bond motifs is 2. The van der Waals surface area contributed by atoms with Crippen LogP contribution in [0.1, 0.15) is 11.1 Å². The number of hydrogen-bond acceptors (Lipinski definition) is 3. The number of rotatable bonds is 2. The minimum atomic E-state index is -0.241. The van der Waals surface area contributed by atoms with Gasteiger partial charge < -0.3 is 4.74 Å². The Bertz CT molecular complexity index is 835. The van der Waals surface area contributed by atoms with Crippen molar-refractivity contribution in [2.45, 2.75) is 13.1 Å². The molecule has 1 aliphatic rings. The van der Waals surface area contributed by atoms with E-state index in [1.807, 2.05) is 12.1 Å². The van der Waals surface area contributed by atoms with Crippen LogP contribution < -0.4 is 4.74 Å². The first kappa shape index (κ1) is 14.2. The van der Waals surface area contributed by atoms with Gasteiger partial charge in [0.15, 0.2) is 0 Å². The molecule has 116 valence electrons. The molecule has 0 spiro atoms. The summed E-state index contributed by atoms with van der Waals surface area (Å²) in [6.07, 6.45) is 0. The molecule has 3 aromatic rings. The van der Waals surface area contributed by atoms with Crippen LogP contribution in [0.5, 0.6) is 5.88 Å². The van der Waals surface area contributed by atoms with Crippen LogP contribution in [0.25, 0.3) is 10.9 Å². The maximum Gasteiger partial charge on any atom is 0.218 e. The van der Waals surface area contributed by atoms with Crippen LogP contribution in [0, 0.1) is 5.82 Å². The Morgan fingerprint density at radius 3 is 2.83 bits per heavy atom. The van der Waals surface area contributed by atoms with Gasteiger partial charge in [0.05, 0.1) is 5.52 Å². The monoisotopic (exact) mass is 308 g/mol. The summed E-state index contributed by atoms with van der Waals surface area (Å²) in [5, 5.41) is 0.814. The van der Waals surface area contributed by atoms with Gasteiger partial charge >= 0.3 is 0 Å². The second-order valence-electron chi connectivity index (χ2n) is 5.83. The van der Waals surface area contributed by atoms with Crippen molar-refractivity contribution >= 4 is 10.9 Å². The van der Waals surface area contributed by atoms with Gasteiger partial charge in [-0.2, -0.15) is 0 Å². The summed E-state index contributed by atoms with van der Waals surface area (Å²) >= 11 is 0. The Morgan fingerprint density at radius 2 is 1.96 bits per heavy atom. The van der Waals surface area contributed by atoms with Gasteiger partial charge in [0.1, 0.15) is 12.4 Å². The lowest BCUT2D eigenvalue weighted by Crippen LogP contribution is -2.25. The third-order valence-electron chi connectivity index (χ3n) is 4.11. The molecule has 0 unspecified atom stereocenters. The molecular formula is C19H17FN2O. The summed E-state index contributed by atoms with van der Waals surface area (Å²) < 4.78 is 19.3. The predicted molar refractivity (Wildman–Crippen MR) is 87.8 cm³/mol. The number of benzene rings is 2. The minimum absolute atomic E-state index is 0.241. The largest absolute Gasteiger partial charge is 0.476 e. The summed E-state index contributed by atoms with van der Waals surface area (Å²) in [5.74, 6) is 0.426. The first-order chi connectivity index (χ1) is 11.3. The Hall–Kier alpha value is -2.46. The number of pyridine rings is 1. The van der Waals surface area contributed by atoms with E-state index < -0.39 is 0 Å². The maximum absolute atomic E-state index is 13.4. The summed E-state index contributed by atoms with van der Waals surface area (Å²) in [6, 6.07) is 17.0. The molecule has 4 rings (SSSR count). The molecule has 2 aromatic carbocycles. The quantitative estimate of drug-likeness (QED) is 0.720. The SMILES string of the molecule is Fc1ccc2nc3c(cc2c1)CN(Cc1ccccc1)CCO3. The van der Waals surface area contributed by atoms with Gasteiger partial charge in [0.2, 0.25) is 5.88 Å². The molecule has 1 aliphatic heterocycles. The molecule has 0 atom stereocenters. The van der Waals surface area contributed by atoms with Gasteiger partial charge in [0, 0.05) is 30.6 Å². The summed E-state index contributed by atoms with van der Waals surface area (Å²) in [6.45, 7) is 3.07. The van der Waals surface area contributed by atoms with Crippen molar-refractivity contribution in [3.63, 3.8) is 0 Å². The molecule has 4 heteroatoms. The molecule has 0 bridgehead atoms. The van der Waals surface area contributed by atoms with Gasteiger partial charge in [-0.1, -0.05) is 30.3 Å². The number of halogens is 1. The molecule has 1 aromatic heterocycles. The number of nitrogens with zero attached hydrogens (tertiary/aromatic N) is 2. The normalized spacial score (nSPS) is 15.0. The zero-order valence-electron chi connectivity index (χ0n) is 12.7. The van der Waals surface area contributed by atoms with Gasteiger partial charge in [-0.25, -0.2) is 9.37 Å². The molecule has 0 N–H and O–H groups in total. The molecule has 3 nitrogen and oxygen atoms in total. The fourth-order valence-corrected chi connectivity index (χ4v) is 2.98. The lowest BCUT2D eigenvalue weighted by atomic mass is 10.1. The summed E-state index contributed by atoms with van der Waals surface area (Å²) in [5.41, 5.74) is 3.05. The lowest BCUT2D eigenvalue weighted by molar-refractivity contribution is 0.217. The van der Waals surface area contributed by atoms with Crippen molar-refractivity contribution in [2.75, 3.05) is 13.2 Å². The fraction of sp³-hybridized carbons (Fsp3) is 0.211. The van der Waals surface area contributed by atoms with Gasteiger partial charge in [-0.3, -0.25) is 4.90 Å². The highest BCUT2D eigenvalue weighted by molar-refractivity contribution is 5.80. The van der Waals surface area contributed by atoms with Crippen molar-refractivity contribution in [1.82, 2.24) is 9.88 Å². The predicted octanol–water partition coefficient (Wildman–Crippen LogP) is 3.77. The Kier molecular flexibility index (Phi) is 3.67. The van der Waals surface area contributed by atoms with E-state index >= 15 is 0 Å². The third kappa shape index (κ3) is 3.03. The summed E-state index contributed by atoms with van der Waals surface area (Å²) in [4.78, 5) is 6.87. The Balaban J connectivity index is 1.65. The zero-order valence-corrected chi connectivity index (χ0v) is 12.7. The number of ether oxygens (including phenoxy) is 1. The average Bonchev–Trinajstić information content (AvgIpc) is 2.75. The van der Waals surface area contributed by atoms with Crippen molar-refractivity contribution in [3.8, 4) is 5.88 Å². The fourth-order valence-electron chi connectivity index (χ4n) is 2.98. The van der Waals surface area contributed by atoms with Gasteiger partial charge in [0.25, 0.3) is 0 Å². The van der Waals surface area contributed by atoms with Crippen LogP contribution in [0.3, 0.4) is 0 Å². The first-order valence-corrected chi connectivity index (χ1v) is 7.76. The Morgan fingerprint density at radius 1 is 1.09 bits per heavy atom. The van der Waals surface area contributed by atoms with Crippen LogP contribution in [-0.2, 0) is 13.1 Å². The highest BCUT2D eigenvalue weighted by Crippen LogP contribution is 2.26. The van der Waals surface area contributed by atoms with E-state index in [1.165, 1.54) is 17.7 Å². The molecule has 0 saturated heterocycles. The van der Waals surface area contributed by atoms with Crippen molar-refractivity contribution in [2.24, 2.45) is 0 Å². The second-order valence-corrected chi connectivity index (χ2v) is 5.83. The van der Waals surface area contributed by atoms with Crippen LogP contribution in [0.2, 0.25) is 0 Å². The Labute approximate surface area is 134 Å². The van der Waals surface area contributed by atoms with E-state index in [2.05, 4.69) is 34.1 Å². The zero-order chi connectivity index (χ0) is 15.6. The van der Waals surface area contributed by atoms with Crippen LogP contribution in [0.15, 0.2) is 54.6 Å². The van der Waals surface area contributed by atoms with Crippen LogP contribution >= 0.6 is 0 Å².